The fraction of sp³-hybridized carbons (Fsp3) is 0.812. The molecule has 0 spiro atoms. The van der Waals surface area contributed by atoms with Crippen LogP contribution in [0.5, 0.6) is 0 Å². The van der Waals surface area contributed by atoms with Gasteiger partial charge in [0.15, 0.2) is 0 Å². The lowest BCUT2D eigenvalue weighted by molar-refractivity contribution is 0.00754. The van der Waals surface area contributed by atoms with Crippen LogP contribution >= 0.6 is 0 Å². The van der Waals surface area contributed by atoms with Crippen molar-refractivity contribution in [2.45, 2.75) is 58.0 Å². The number of aromatic nitrogens is 2. The van der Waals surface area contributed by atoms with Crippen molar-refractivity contribution in [3.8, 4) is 0 Å². The van der Waals surface area contributed by atoms with E-state index in [1.165, 1.54) is 37.8 Å². The number of hydrogen-bond acceptors (Lipinski definition) is 2. The molecule has 4 aliphatic rings. The predicted octanol–water partition coefficient (Wildman–Crippen LogP) is 3.70. The lowest BCUT2D eigenvalue weighted by Gasteiger charge is -2.54. The Kier molecular flexibility index (Phi) is 2.64. The molecule has 0 aliphatic heterocycles. The average Bonchev–Trinajstić information content (AvgIpc) is 2.81. The second kappa shape index (κ2) is 4.26. The van der Waals surface area contributed by atoms with Gasteiger partial charge in [-0.25, -0.2) is 0 Å². The summed E-state index contributed by atoms with van der Waals surface area (Å²) in [5.74, 6) is 3.97. The normalized spacial score (nSPS) is 40.1. The molecule has 4 fully saturated rings. The average molecular weight is 259 g/mol. The number of nitrogens with zero attached hydrogens (tertiary/aromatic N) is 2. The van der Waals surface area contributed by atoms with Crippen molar-refractivity contribution in [1.82, 2.24) is 9.78 Å². The van der Waals surface area contributed by atoms with E-state index in [0.29, 0.717) is 6.04 Å². The molecule has 0 atom stereocenters. The lowest BCUT2D eigenvalue weighted by atomic mass is 9.54. The molecule has 1 aromatic rings. The van der Waals surface area contributed by atoms with Crippen LogP contribution in [0.1, 0.15) is 52.0 Å². The Morgan fingerprint density at radius 1 is 1.11 bits per heavy atom. The predicted molar refractivity (Wildman–Crippen MR) is 77.1 cm³/mol. The number of nitrogens with one attached hydrogen (secondary N) is 1. The highest BCUT2D eigenvalue weighted by Gasteiger charge is 2.48. The Balaban J connectivity index is 1.50. The first-order valence-electron chi connectivity index (χ1n) is 7.99. The van der Waals surface area contributed by atoms with Crippen LogP contribution in [0.25, 0.3) is 0 Å². The van der Waals surface area contributed by atoms with Crippen LogP contribution in [0, 0.1) is 23.7 Å². The molecule has 19 heavy (non-hydrogen) atoms. The van der Waals surface area contributed by atoms with Crippen molar-refractivity contribution in [3.63, 3.8) is 0 Å². The molecule has 4 bridgehead atoms. The molecule has 0 aromatic carbocycles. The van der Waals surface area contributed by atoms with Gasteiger partial charge in [-0.2, -0.15) is 5.10 Å². The number of rotatable bonds is 3. The summed E-state index contributed by atoms with van der Waals surface area (Å²) >= 11 is 0. The van der Waals surface area contributed by atoms with E-state index in [4.69, 9.17) is 0 Å². The molecule has 3 heteroatoms. The fourth-order valence-corrected chi connectivity index (χ4v) is 5.05. The van der Waals surface area contributed by atoms with Gasteiger partial charge in [0.2, 0.25) is 0 Å². The molecule has 0 radical (unpaired) electrons. The van der Waals surface area contributed by atoms with Gasteiger partial charge in [0.25, 0.3) is 0 Å². The second-order valence-corrected chi connectivity index (χ2v) is 7.40. The van der Waals surface area contributed by atoms with E-state index in [2.05, 4.69) is 35.1 Å². The van der Waals surface area contributed by atoms with Crippen molar-refractivity contribution in [2.24, 2.45) is 23.7 Å². The quantitative estimate of drug-likeness (QED) is 0.897. The molecular weight excluding hydrogens is 234 g/mol. The van der Waals surface area contributed by atoms with Crippen LogP contribution in [-0.4, -0.2) is 15.8 Å². The van der Waals surface area contributed by atoms with Crippen molar-refractivity contribution in [1.29, 1.82) is 0 Å². The van der Waals surface area contributed by atoms with E-state index in [0.717, 1.165) is 29.7 Å². The maximum Gasteiger partial charge on any atom is 0.0728 e. The largest absolute Gasteiger partial charge is 0.379 e. The number of hydrogen-bond donors (Lipinski definition) is 1. The summed E-state index contributed by atoms with van der Waals surface area (Å²) in [6.45, 7) is 4.36. The Hall–Kier alpha value is -0.990. The highest BCUT2D eigenvalue weighted by molar-refractivity contribution is 5.40. The summed E-state index contributed by atoms with van der Waals surface area (Å²) < 4.78 is 2.05. The molecule has 1 heterocycles. The first-order chi connectivity index (χ1) is 9.19. The Morgan fingerprint density at radius 2 is 1.74 bits per heavy atom. The van der Waals surface area contributed by atoms with E-state index in [-0.39, 0.29) is 0 Å². The van der Waals surface area contributed by atoms with E-state index < -0.39 is 0 Å². The molecule has 0 saturated heterocycles. The highest BCUT2D eigenvalue weighted by Crippen LogP contribution is 2.54. The zero-order chi connectivity index (χ0) is 13.0. The summed E-state index contributed by atoms with van der Waals surface area (Å²) in [7, 11) is 0. The van der Waals surface area contributed by atoms with Crippen LogP contribution in [0.2, 0.25) is 0 Å². The zero-order valence-electron chi connectivity index (χ0n) is 12.0. The van der Waals surface area contributed by atoms with E-state index in [1.807, 2.05) is 6.20 Å². The maximum atomic E-state index is 4.45. The van der Waals surface area contributed by atoms with Crippen LogP contribution < -0.4 is 5.32 Å². The minimum atomic E-state index is 0.453. The van der Waals surface area contributed by atoms with Gasteiger partial charge in [-0.15, -0.1) is 0 Å². The monoisotopic (exact) mass is 259 g/mol. The molecule has 4 saturated carbocycles. The minimum Gasteiger partial charge on any atom is -0.379 e. The van der Waals surface area contributed by atoms with Gasteiger partial charge < -0.3 is 5.32 Å². The van der Waals surface area contributed by atoms with Crippen molar-refractivity contribution >= 4 is 5.69 Å². The van der Waals surface area contributed by atoms with E-state index in [1.54, 1.807) is 0 Å². The van der Waals surface area contributed by atoms with Crippen LogP contribution in [-0.2, 0) is 0 Å². The van der Waals surface area contributed by atoms with Crippen LogP contribution in [0.4, 0.5) is 5.69 Å². The van der Waals surface area contributed by atoms with E-state index in [9.17, 15) is 0 Å². The molecule has 5 rings (SSSR count). The van der Waals surface area contributed by atoms with Crippen molar-refractivity contribution in [2.75, 3.05) is 5.32 Å². The van der Waals surface area contributed by atoms with Crippen molar-refractivity contribution < 1.29 is 0 Å². The molecule has 0 unspecified atom stereocenters. The Morgan fingerprint density at radius 3 is 2.26 bits per heavy atom. The van der Waals surface area contributed by atoms with Crippen LogP contribution in [0.15, 0.2) is 12.4 Å². The molecule has 3 nitrogen and oxygen atoms in total. The molecule has 4 aliphatic carbocycles. The SMILES string of the molecule is CC(C)n1cc(NC2C3CC4CC(C3)CC2C4)cn1. The van der Waals surface area contributed by atoms with Crippen LogP contribution in [0.3, 0.4) is 0 Å². The van der Waals surface area contributed by atoms with E-state index >= 15 is 0 Å². The summed E-state index contributed by atoms with van der Waals surface area (Å²) in [6, 6.07) is 1.17. The summed E-state index contributed by atoms with van der Waals surface area (Å²) in [6.07, 6.45) is 11.6. The van der Waals surface area contributed by atoms with Gasteiger partial charge in [-0.1, -0.05) is 0 Å². The minimum absolute atomic E-state index is 0.453. The molecule has 104 valence electrons. The third-order valence-electron chi connectivity index (χ3n) is 5.69. The van der Waals surface area contributed by atoms with Gasteiger partial charge in [-0.3, -0.25) is 4.68 Å². The second-order valence-electron chi connectivity index (χ2n) is 7.40. The Labute approximate surface area is 115 Å². The molecular formula is C16H25N3. The number of anilines is 1. The van der Waals surface area contributed by atoms with Crippen molar-refractivity contribution in [3.05, 3.63) is 12.4 Å². The first-order valence-corrected chi connectivity index (χ1v) is 7.99. The zero-order valence-corrected chi connectivity index (χ0v) is 12.0. The summed E-state index contributed by atoms with van der Waals surface area (Å²) in [5, 5.41) is 8.27. The third-order valence-corrected chi connectivity index (χ3v) is 5.69. The first kappa shape index (κ1) is 11.8. The molecule has 1 N–H and O–H groups in total. The maximum absolute atomic E-state index is 4.45. The molecule has 0 amide bonds. The van der Waals surface area contributed by atoms with Gasteiger partial charge in [0.1, 0.15) is 0 Å². The third kappa shape index (κ3) is 1.98. The highest BCUT2D eigenvalue weighted by atomic mass is 15.3. The summed E-state index contributed by atoms with van der Waals surface area (Å²) in [5.41, 5.74) is 1.23. The topological polar surface area (TPSA) is 29.9 Å². The lowest BCUT2D eigenvalue weighted by Crippen LogP contribution is -2.51. The van der Waals surface area contributed by atoms with Gasteiger partial charge in [-0.05, 0) is 69.6 Å². The summed E-state index contributed by atoms with van der Waals surface area (Å²) in [4.78, 5) is 0. The van der Waals surface area contributed by atoms with Gasteiger partial charge in [0, 0.05) is 18.3 Å². The smallest absolute Gasteiger partial charge is 0.0728 e. The fourth-order valence-electron chi connectivity index (χ4n) is 5.05. The Bertz CT molecular complexity index is 434. The standard InChI is InChI=1S/C16H25N3/c1-10(2)19-9-15(8-17-19)18-16-13-4-11-3-12(6-13)7-14(16)5-11/h8-14,16,18H,3-7H2,1-2H3. The van der Waals surface area contributed by atoms with Gasteiger partial charge >= 0.3 is 0 Å². The van der Waals surface area contributed by atoms with Gasteiger partial charge in [0.05, 0.1) is 11.9 Å². The molecule has 1 aromatic heterocycles.